The third-order valence-electron chi connectivity index (χ3n) is 4.89. The van der Waals surface area contributed by atoms with Gasteiger partial charge in [-0.1, -0.05) is 26.0 Å². The fraction of sp³-hybridized carbons (Fsp3) is 0.579. The van der Waals surface area contributed by atoms with Gasteiger partial charge in [0.25, 0.3) is 5.69 Å². The standard InChI is InChI=1S/C19H28N4O4S/c1-12(2)16(20)18(25)22-15(11-28-19(22,3)4)17(24)21-10-9-13-5-7-14(8-6-13)23(26)27/h5-8,12,15-16H,9-11,20H2,1-4H3,(H,21,24)/t15-,16-/m0/s1. The molecule has 1 aromatic carbocycles. The second kappa shape index (κ2) is 8.91. The Labute approximate surface area is 169 Å². The summed E-state index contributed by atoms with van der Waals surface area (Å²) in [5.74, 6) is 0.0944. The Morgan fingerprint density at radius 1 is 1.36 bits per heavy atom. The third kappa shape index (κ3) is 5.02. The van der Waals surface area contributed by atoms with Crippen molar-refractivity contribution in [3.63, 3.8) is 0 Å². The quantitative estimate of drug-likeness (QED) is 0.525. The number of amides is 2. The predicted molar refractivity (Wildman–Crippen MR) is 110 cm³/mol. The van der Waals surface area contributed by atoms with Crippen LogP contribution in [0.2, 0.25) is 0 Å². The van der Waals surface area contributed by atoms with Crippen LogP contribution in [0.25, 0.3) is 0 Å². The summed E-state index contributed by atoms with van der Waals surface area (Å²) < 4.78 is 0. The van der Waals surface area contributed by atoms with E-state index in [0.29, 0.717) is 18.7 Å². The average molecular weight is 409 g/mol. The highest BCUT2D eigenvalue weighted by Gasteiger charge is 2.47. The molecular formula is C19H28N4O4S. The molecule has 0 bridgehead atoms. The highest BCUT2D eigenvalue weighted by atomic mass is 32.2. The van der Waals surface area contributed by atoms with Crippen molar-refractivity contribution < 1.29 is 14.5 Å². The Hall–Kier alpha value is -2.13. The molecule has 1 saturated heterocycles. The summed E-state index contributed by atoms with van der Waals surface area (Å²) in [5, 5.41) is 13.6. The van der Waals surface area contributed by atoms with Gasteiger partial charge in [0.2, 0.25) is 11.8 Å². The van der Waals surface area contributed by atoms with Crippen molar-refractivity contribution in [2.75, 3.05) is 12.3 Å². The van der Waals surface area contributed by atoms with Crippen molar-refractivity contribution in [3.05, 3.63) is 39.9 Å². The van der Waals surface area contributed by atoms with Gasteiger partial charge >= 0.3 is 0 Å². The summed E-state index contributed by atoms with van der Waals surface area (Å²) in [6, 6.07) is 5.04. The molecule has 3 N–H and O–H groups in total. The molecule has 154 valence electrons. The maximum Gasteiger partial charge on any atom is 0.269 e. The number of benzene rings is 1. The highest BCUT2D eigenvalue weighted by Crippen LogP contribution is 2.39. The first-order valence-corrected chi connectivity index (χ1v) is 10.3. The van der Waals surface area contributed by atoms with Gasteiger partial charge in [-0.2, -0.15) is 0 Å². The number of hydrogen-bond acceptors (Lipinski definition) is 6. The maximum absolute atomic E-state index is 12.9. The van der Waals surface area contributed by atoms with E-state index >= 15 is 0 Å². The molecule has 1 aliphatic heterocycles. The summed E-state index contributed by atoms with van der Waals surface area (Å²) in [7, 11) is 0. The zero-order valence-electron chi connectivity index (χ0n) is 16.7. The van der Waals surface area contributed by atoms with Crippen LogP contribution in [0.5, 0.6) is 0 Å². The van der Waals surface area contributed by atoms with Gasteiger partial charge in [-0.3, -0.25) is 19.7 Å². The molecule has 1 fully saturated rings. The van der Waals surface area contributed by atoms with E-state index in [0.717, 1.165) is 5.56 Å². The van der Waals surface area contributed by atoms with Crippen LogP contribution >= 0.6 is 11.8 Å². The van der Waals surface area contributed by atoms with Gasteiger partial charge in [0.05, 0.1) is 15.8 Å². The maximum atomic E-state index is 12.9. The molecule has 9 heteroatoms. The number of nitrogens with one attached hydrogen (secondary N) is 1. The molecule has 28 heavy (non-hydrogen) atoms. The van der Waals surface area contributed by atoms with Crippen molar-refractivity contribution in [2.45, 2.75) is 51.1 Å². The number of carbonyl (C=O) groups is 2. The molecule has 0 aliphatic carbocycles. The van der Waals surface area contributed by atoms with E-state index in [-0.39, 0.29) is 23.4 Å². The Bertz CT molecular complexity index is 736. The minimum Gasteiger partial charge on any atom is -0.354 e. The van der Waals surface area contributed by atoms with Crippen molar-refractivity contribution in [2.24, 2.45) is 11.7 Å². The van der Waals surface area contributed by atoms with Gasteiger partial charge in [-0.05, 0) is 31.7 Å². The summed E-state index contributed by atoms with van der Waals surface area (Å²) in [6.07, 6.45) is 0.548. The summed E-state index contributed by atoms with van der Waals surface area (Å²) in [5.41, 5.74) is 6.98. The van der Waals surface area contributed by atoms with Gasteiger partial charge in [-0.25, -0.2) is 0 Å². The number of non-ortho nitro benzene ring substituents is 1. The number of carbonyl (C=O) groups excluding carboxylic acids is 2. The van der Waals surface area contributed by atoms with E-state index in [4.69, 9.17) is 5.73 Å². The fourth-order valence-corrected chi connectivity index (χ4v) is 4.31. The predicted octanol–water partition coefficient (Wildman–Crippen LogP) is 1.92. The Morgan fingerprint density at radius 2 is 1.96 bits per heavy atom. The average Bonchev–Trinajstić information content (AvgIpc) is 2.95. The molecule has 1 aromatic rings. The Balaban J connectivity index is 1.98. The van der Waals surface area contributed by atoms with Crippen LogP contribution in [0.3, 0.4) is 0 Å². The normalized spacial score (nSPS) is 19.5. The first kappa shape index (κ1) is 22.2. The molecule has 0 aromatic heterocycles. The minimum absolute atomic E-state index is 0.0141. The van der Waals surface area contributed by atoms with Crippen LogP contribution in [-0.4, -0.2) is 50.9 Å². The second-order valence-electron chi connectivity index (χ2n) is 7.72. The van der Waals surface area contributed by atoms with E-state index in [2.05, 4.69) is 5.32 Å². The van der Waals surface area contributed by atoms with Gasteiger partial charge in [0, 0.05) is 24.4 Å². The second-order valence-corrected chi connectivity index (χ2v) is 9.34. The van der Waals surface area contributed by atoms with Crippen LogP contribution in [-0.2, 0) is 16.0 Å². The number of rotatable bonds is 7. The number of nitro benzene ring substituents is 1. The molecule has 2 atom stereocenters. The van der Waals surface area contributed by atoms with Gasteiger partial charge in [-0.15, -0.1) is 11.8 Å². The monoisotopic (exact) mass is 408 g/mol. The molecule has 8 nitrogen and oxygen atoms in total. The first-order chi connectivity index (χ1) is 13.0. The summed E-state index contributed by atoms with van der Waals surface area (Å²) in [6.45, 7) is 8.01. The summed E-state index contributed by atoms with van der Waals surface area (Å²) in [4.78, 5) is 36.9. The number of nitrogens with two attached hydrogens (primary N) is 1. The van der Waals surface area contributed by atoms with E-state index < -0.39 is 21.9 Å². The number of hydrogen-bond donors (Lipinski definition) is 2. The van der Waals surface area contributed by atoms with Crippen LogP contribution in [0.4, 0.5) is 5.69 Å². The van der Waals surface area contributed by atoms with Crippen LogP contribution in [0, 0.1) is 16.0 Å². The molecular weight excluding hydrogens is 380 g/mol. The van der Waals surface area contributed by atoms with E-state index in [9.17, 15) is 19.7 Å². The third-order valence-corrected chi connectivity index (χ3v) is 6.28. The molecule has 0 unspecified atom stereocenters. The minimum atomic E-state index is -0.645. The largest absolute Gasteiger partial charge is 0.354 e. The number of nitrogens with zero attached hydrogens (tertiary/aromatic N) is 2. The molecule has 0 spiro atoms. The molecule has 2 amide bonds. The van der Waals surface area contributed by atoms with Gasteiger partial charge in [0.15, 0.2) is 0 Å². The molecule has 0 saturated carbocycles. The first-order valence-electron chi connectivity index (χ1n) is 9.28. The van der Waals surface area contributed by atoms with Crippen molar-refractivity contribution in [3.8, 4) is 0 Å². The highest BCUT2D eigenvalue weighted by molar-refractivity contribution is 8.00. The zero-order valence-corrected chi connectivity index (χ0v) is 17.5. The lowest BCUT2D eigenvalue weighted by molar-refractivity contribution is -0.384. The van der Waals surface area contributed by atoms with Crippen LogP contribution in [0.1, 0.15) is 33.3 Å². The van der Waals surface area contributed by atoms with Gasteiger partial charge < -0.3 is 16.0 Å². The lowest BCUT2D eigenvalue weighted by Gasteiger charge is -2.36. The van der Waals surface area contributed by atoms with Crippen LogP contribution in [0.15, 0.2) is 24.3 Å². The lowest BCUT2D eigenvalue weighted by atomic mass is 10.0. The van der Waals surface area contributed by atoms with E-state index in [1.54, 1.807) is 28.8 Å². The molecule has 0 radical (unpaired) electrons. The Morgan fingerprint density at radius 3 is 2.50 bits per heavy atom. The number of thioether (sulfide) groups is 1. The molecule has 1 aliphatic rings. The SMILES string of the molecule is CC(C)[C@H](N)C(=O)N1[C@H](C(=O)NCCc2ccc([N+](=O)[O-])cc2)CSC1(C)C. The van der Waals surface area contributed by atoms with Crippen molar-refractivity contribution >= 4 is 29.3 Å². The van der Waals surface area contributed by atoms with Crippen molar-refractivity contribution in [1.82, 2.24) is 10.2 Å². The topological polar surface area (TPSA) is 119 Å². The smallest absolute Gasteiger partial charge is 0.269 e. The van der Waals surface area contributed by atoms with Crippen LogP contribution < -0.4 is 11.1 Å². The lowest BCUT2D eigenvalue weighted by Crippen LogP contribution is -2.58. The molecule has 2 rings (SSSR count). The fourth-order valence-electron chi connectivity index (χ4n) is 3.09. The van der Waals surface area contributed by atoms with Gasteiger partial charge in [0.1, 0.15) is 6.04 Å². The zero-order chi connectivity index (χ0) is 21.1. The number of nitro groups is 1. The van der Waals surface area contributed by atoms with E-state index in [1.807, 2.05) is 27.7 Å². The van der Waals surface area contributed by atoms with E-state index in [1.165, 1.54) is 12.1 Å². The summed E-state index contributed by atoms with van der Waals surface area (Å²) >= 11 is 1.56. The molecule has 1 heterocycles. The Kier molecular flexibility index (Phi) is 7.06. The van der Waals surface area contributed by atoms with Crippen molar-refractivity contribution in [1.29, 1.82) is 0 Å².